The smallest absolute Gasteiger partial charge is 0.354 e. The maximum atomic E-state index is 13.9. The maximum Gasteiger partial charge on any atom is 0.354 e. The molecule has 0 unspecified atom stereocenters. The summed E-state index contributed by atoms with van der Waals surface area (Å²) in [6.07, 6.45) is 2.84. The van der Waals surface area contributed by atoms with Gasteiger partial charge in [-0.25, -0.2) is 14.8 Å². The molecule has 132 valence electrons. The van der Waals surface area contributed by atoms with Gasteiger partial charge in [-0.2, -0.15) is 13.8 Å². The van der Waals surface area contributed by atoms with E-state index in [-0.39, 0.29) is 17.0 Å². The lowest BCUT2D eigenvalue weighted by molar-refractivity contribution is 0.0690. The highest BCUT2D eigenvalue weighted by atomic mass is 19.1. The van der Waals surface area contributed by atoms with E-state index in [0.717, 1.165) is 6.07 Å². The lowest BCUT2D eigenvalue weighted by atomic mass is 9.85. The Morgan fingerprint density at radius 3 is 2.46 bits per heavy atom. The van der Waals surface area contributed by atoms with Gasteiger partial charge >= 0.3 is 5.97 Å². The van der Waals surface area contributed by atoms with Crippen molar-refractivity contribution in [3.05, 3.63) is 71.7 Å². The summed E-state index contributed by atoms with van der Waals surface area (Å²) in [5.74, 6) is -3.05. The van der Waals surface area contributed by atoms with E-state index in [1.165, 1.54) is 24.5 Å². The van der Waals surface area contributed by atoms with Crippen molar-refractivity contribution in [2.75, 3.05) is 0 Å². The van der Waals surface area contributed by atoms with E-state index in [0.29, 0.717) is 11.4 Å². The predicted octanol–water partition coefficient (Wildman–Crippen LogP) is 3.24. The molecule has 0 atom stereocenters. The van der Waals surface area contributed by atoms with Gasteiger partial charge in [0.2, 0.25) is 11.9 Å². The first-order valence-electron chi connectivity index (χ1n) is 7.65. The number of carbonyl (C=O) groups is 1. The van der Waals surface area contributed by atoms with E-state index in [4.69, 9.17) is 5.11 Å². The summed E-state index contributed by atoms with van der Waals surface area (Å²) >= 11 is 0. The monoisotopic (exact) mass is 356 g/mol. The van der Waals surface area contributed by atoms with E-state index in [2.05, 4.69) is 19.9 Å². The van der Waals surface area contributed by atoms with Crippen LogP contribution in [-0.4, -0.2) is 31.0 Å². The summed E-state index contributed by atoms with van der Waals surface area (Å²) in [7, 11) is 0. The zero-order valence-corrected chi connectivity index (χ0v) is 13.9. The molecule has 0 aliphatic heterocycles. The van der Waals surface area contributed by atoms with Gasteiger partial charge in [0.05, 0.1) is 34.3 Å². The van der Waals surface area contributed by atoms with Crippen molar-refractivity contribution in [3.8, 4) is 11.3 Å². The second kappa shape index (κ2) is 6.55. The Balaban J connectivity index is 2.06. The Kier molecular flexibility index (Phi) is 4.41. The molecular formula is C18H14F2N4O2. The first kappa shape index (κ1) is 17.5. The van der Waals surface area contributed by atoms with Crippen molar-refractivity contribution >= 4 is 5.97 Å². The van der Waals surface area contributed by atoms with Gasteiger partial charge in [0, 0.05) is 6.20 Å². The molecule has 3 aromatic heterocycles. The molecule has 1 N–H and O–H groups in total. The average Bonchev–Trinajstić information content (AvgIpc) is 2.62. The van der Waals surface area contributed by atoms with Crippen LogP contribution in [-0.2, 0) is 5.41 Å². The molecule has 3 heterocycles. The number of halogens is 2. The van der Waals surface area contributed by atoms with E-state index < -0.39 is 23.3 Å². The second-order valence-electron chi connectivity index (χ2n) is 6.10. The summed E-state index contributed by atoms with van der Waals surface area (Å²) in [5.41, 5.74) is 0.251. The minimum atomic E-state index is -1.14. The minimum absolute atomic E-state index is 0.0174. The van der Waals surface area contributed by atoms with Gasteiger partial charge in [0.15, 0.2) is 0 Å². The molecule has 0 spiro atoms. The van der Waals surface area contributed by atoms with Crippen molar-refractivity contribution in [1.82, 2.24) is 19.9 Å². The quantitative estimate of drug-likeness (QED) is 0.722. The Hall–Kier alpha value is -3.29. The van der Waals surface area contributed by atoms with Crippen LogP contribution in [0.1, 0.15) is 35.7 Å². The number of aromatic carboxylic acids is 1. The Labute approximate surface area is 147 Å². The predicted molar refractivity (Wildman–Crippen MR) is 88.5 cm³/mol. The van der Waals surface area contributed by atoms with E-state index >= 15 is 0 Å². The highest BCUT2D eigenvalue weighted by Gasteiger charge is 2.28. The number of carboxylic acids is 1. The molecule has 0 saturated heterocycles. The van der Waals surface area contributed by atoms with Gasteiger partial charge in [0.25, 0.3) is 0 Å². The van der Waals surface area contributed by atoms with Gasteiger partial charge in [-0.05, 0) is 38.1 Å². The molecule has 0 aromatic carbocycles. The third-order valence-corrected chi connectivity index (χ3v) is 3.97. The molecule has 6 nitrogen and oxygen atoms in total. The molecule has 8 heteroatoms. The van der Waals surface area contributed by atoms with Crippen LogP contribution in [0.2, 0.25) is 0 Å². The number of aromatic nitrogens is 4. The Bertz CT molecular complexity index is 992. The van der Waals surface area contributed by atoms with Crippen LogP contribution in [0.5, 0.6) is 0 Å². The number of nitrogens with zero attached hydrogens (tertiary/aromatic N) is 4. The number of carboxylic acid groups (broad SMARTS) is 1. The zero-order valence-electron chi connectivity index (χ0n) is 13.9. The Morgan fingerprint density at radius 1 is 1.00 bits per heavy atom. The molecule has 0 radical (unpaired) electrons. The van der Waals surface area contributed by atoms with E-state index in [9.17, 15) is 13.6 Å². The highest BCUT2D eigenvalue weighted by molar-refractivity contribution is 5.85. The van der Waals surface area contributed by atoms with E-state index in [1.807, 2.05) is 0 Å². The van der Waals surface area contributed by atoms with Crippen LogP contribution in [0.3, 0.4) is 0 Å². The minimum Gasteiger partial charge on any atom is -0.477 e. The summed E-state index contributed by atoms with van der Waals surface area (Å²) in [4.78, 5) is 26.9. The standard InChI is InChI=1S/C18H14F2N4O2/c1-18(2,13-5-3-4-11(22-13)17(25)26)14-9-21-8-12(23-14)10-6-7-15(19)24-16(10)20/h3-9H,1-2H3,(H,25,26). The van der Waals surface area contributed by atoms with Crippen LogP contribution < -0.4 is 0 Å². The van der Waals surface area contributed by atoms with Gasteiger partial charge in [0.1, 0.15) is 5.69 Å². The summed E-state index contributed by atoms with van der Waals surface area (Å²) in [6.45, 7) is 3.60. The number of hydrogen-bond acceptors (Lipinski definition) is 5. The number of hydrogen-bond donors (Lipinski definition) is 1. The molecular weight excluding hydrogens is 342 g/mol. The summed E-state index contributed by atoms with van der Waals surface area (Å²) in [5, 5.41) is 9.12. The summed E-state index contributed by atoms with van der Waals surface area (Å²) in [6, 6.07) is 6.94. The van der Waals surface area contributed by atoms with Gasteiger partial charge in [-0.3, -0.25) is 4.98 Å². The number of rotatable bonds is 4. The first-order valence-corrected chi connectivity index (χ1v) is 7.65. The van der Waals surface area contributed by atoms with Crippen molar-refractivity contribution in [3.63, 3.8) is 0 Å². The molecule has 0 aliphatic carbocycles. The Morgan fingerprint density at radius 2 is 1.77 bits per heavy atom. The third-order valence-electron chi connectivity index (χ3n) is 3.97. The lowest BCUT2D eigenvalue weighted by Crippen LogP contribution is -2.23. The fourth-order valence-electron chi connectivity index (χ4n) is 2.43. The molecule has 0 fully saturated rings. The molecule has 0 amide bonds. The number of pyridine rings is 2. The molecule has 0 bridgehead atoms. The van der Waals surface area contributed by atoms with Crippen LogP contribution in [0.4, 0.5) is 8.78 Å². The third kappa shape index (κ3) is 3.26. The van der Waals surface area contributed by atoms with Crippen LogP contribution in [0.15, 0.2) is 42.7 Å². The van der Waals surface area contributed by atoms with Crippen molar-refractivity contribution in [2.45, 2.75) is 19.3 Å². The first-order chi connectivity index (χ1) is 12.3. The molecule has 0 saturated carbocycles. The highest BCUT2D eigenvalue weighted by Crippen LogP contribution is 2.30. The van der Waals surface area contributed by atoms with E-state index in [1.54, 1.807) is 26.0 Å². The fraction of sp³-hybridized carbons (Fsp3) is 0.167. The fourth-order valence-corrected chi connectivity index (χ4v) is 2.43. The molecule has 3 aromatic rings. The van der Waals surface area contributed by atoms with Crippen molar-refractivity contribution in [2.24, 2.45) is 0 Å². The maximum absolute atomic E-state index is 13.9. The second-order valence-corrected chi connectivity index (χ2v) is 6.10. The average molecular weight is 356 g/mol. The van der Waals surface area contributed by atoms with Gasteiger partial charge in [-0.15, -0.1) is 0 Å². The van der Waals surface area contributed by atoms with Gasteiger partial charge < -0.3 is 5.11 Å². The van der Waals surface area contributed by atoms with Crippen LogP contribution >= 0.6 is 0 Å². The topological polar surface area (TPSA) is 88.9 Å². The molecule has 3 rings (SSSR count). The summed E-state index contributed by atoms with van der Waals surface area (Å²) < 4.78 is 26.9. The van der Waals surface area contributed by atoms with Crippen LogP contribution in [0.25, 0.3) is 11.3 Å². The van der Waals surface area contributed by atoms with Gasteiger partial charge in [-0.1, -0.05) is 6.07 Å². The zero-order chi connectivity index (χ0) is 18.9. The normalized spacial score (nSPS) is 11.4. The van der Waals surface area contributed by atoms with Crippen molar-refractivity contribution in [1.29, 1.82) is 0 Å². The van der Waals surface area contributed by atoms with Crippen LogP contribution in [0, 0.1) is 11.9 Å². The largest absolute Gasteiger partial charge is 0.477 e. The molecule has 26 heavy (non-hydrogen) atoms. The van der Waals surface area contributed by atoms with Crippen molar-refractivity contribution < 1.29 is 18.7 Å². The molecule has 0 aliphatic rings. The lowest BCUT2D eigenvalue weighted by Gasteiger charge is -2.24. The SMILES string of the molecule is CC(C)(c1cccc(C(=O)O)n1)c1cncc(-c2ccc(F)nc2F)n1.